The third-order valence-corrected chi connectivity index (χ3v) is 2.40. The van der Waals surface area contributed by atoms with Gasteiger partial charge in [0.05, 0.1) is 6.20 Å². The summed E-state index contributed by atoms with van der Waals surface area (Å²) in [6, 6.07) is 7.69. The number of anilines is 1. The Balaban J connectivity index is 2.16. The van der Waals surface area contributed by atoms with Gasteiger partial charge < -0.3 is 10.2 Å². The minimum atomic E-state index is -0.269. The number of hydrogen-bond acceptors (Lipinski definition) is 4. The number of para-hydroxylation sites is 1. The van der Waals surface area contributed by atoms with Crippen LogP contribution in [-0.4, -0.2) is 40.3 Å². The van der Waals surface area contributed by atoms with Crippen LogP contribution in [0.3, 0.4) is 0 Å². The SMILES string of the molecule is CN(C)Cc1ccccc1NC(=O)c1cn[nH]n1. The van der Waals surface area contributed by atoms with Gasteiger partial charge in [0, 0.05) is 12.2 Å². The van der Waals surface area contributed by atoms with Crippen LogP contribution in [0.25, 0.3) is 0 Å². The highest BCUT2D eigenvalue weighted by Gasteiger charge is 2.11. The van der Waals surface area contributed by atoms with Gasteiger partial charge in [-0.1, -0.05) is 18.2 Å². The summed E-state index contributed by atoms with van der Waals surface area (Å²) in [7, 11) is 3.96. The van der Waals surface area contributed by atoms with Gasteiger partial charge in [0.15, 0.2) is 5.69 Å². The van der Waals surface area contributed by atoms with Crippen LogP contribution < -0.4 is 5.32 Å². The summed E-state index contributed by atoms with van der Waals surface area (Å²) in [5.74, 6) is -0.269. The molecule has 1 aromatic carbocycles. The maximum absolute atomic E-state index is 11.9. The zero-order valence-corrected chi connectivity index (χ0v) is 10.3. The van der Waals surface area contributed by atoms with Gasteiger partial charge in [-0.3, -0.25) is 4.79 Å². The number of aromatic amines is 1. The first kappa shape index (κ1) is 12.3. The molecule has 6 nitrogen and oxygen atoms in total. The number of nitrogens with zero attached hydrogens (tertiary/aromatic N) is 3. The minimum absolute atomic E-state index is 0.269. The Kier molecular flexibility index (Phi) is 3.69. The average Bonchev–Trinajstić information content (AvgIpc) is 2.84. The van der Waals surface area contributed by atoms with Gasteiger partial charge >= 0.3 is 0 Å². The Labute approximate surface area is 105 Å². The first-order chi connectivity index (χ1) is 8.66. The van der Waals surface area contributed by atoms with Crippen molar-refractivity contribution in [1.29, 1.82) is 0 Å². The number of aromatic nitrogens is 3. The fraction of sp³-hybridized carbons (Fsp3) is 0.250. The lowest BCUT2D eigenvalue weighted by atomic mass is 10.1. The van der Waals surface area contributed by atoms with Crippen molar-refractivity contribution < 1.29 is 4.79 Å². The van der Waals surface area contributed by atoms with E-state index in [2.05, 4.69) is 20.7 Å². The molecule has 1 amide bonds. The quantitative estimate of drug-likeness (QED) is 0.846. The van der Waals surface area contributed by atoms with E-state index in [0.29, 0.717) is 0 Å². The largest absolute Gasteiger partial charge is 0.320 e. The summed E-state index contributed by atoms with van der Waals surface area (Å²) in [5.41, 5.74) is 2.12. The van der Waals surface area contributed by atoms with E-state index in [1.54, 1.807) is 0 Å². The first-order valence-corrected chi connectivity index (χ1v) is 5.56. The highest BCUT2D eigenvalue weighted by atomic mass is 16.2. The van der Waals surface area contributed by atoms with Crippen molar-refractivity contribution in [3.8, 4) is 0 Å². The van der Waals surface area contributed by atoms with E-state index in [4.69, 9.17) is 0 Å². The molecule has 94 valence electrons. The lowest BCUT2D eigenvalue weighted by Gasteiger charge is -2.14. The van der Waals surface area contributed by atoms with E-state index in [0.717, 1.165) is 17.8 Å². The van der Waals surface area contributed by atoms with Crippen molar-refractivity contribution in [3.05, 3.63) is 41.7 Å². The Bertz CT molecular complexity index is 521. The Morgan fingerprint density at radius 1 is 1.39 bits per heavy atom. The maximum Gasteiger partial charge on any atom is 0.277 e. The molecule has 1 aromatic heterocycles. The lowest BCUT2D eigenvalue weighted by molar-refractivity contribution is 0.102. The molecule has 0 radical (unpaired) electrons. The molecule has 0 aliphatic carbocycles. The molecule has 2 N–H and O–H groups in total. The normalized spacial score (nSPS) is 10.6. The molecule has 0 aliphatic heterocycles. The molecule has 0 spiro atoms. The summed E-state index contributed by atoms with van der Waals surface area (Å²) in [6.45, 7) is 0.759. The van der Waals surface area contributed by atoms with E-state index in [9.17, 15) is 4.79 Å². The van der Waals surface area contributed by atoms with Crippen molar-refractivity contribution in [2.75, 3.05) is 19.4 Å². The molecule has 1 heterocycles. The van der Waals surface area contributed by atoms with Crippen LogP contribution >= 0.6 is 0 Å². The number of H-pyrrole nitrogens is 1. The maximum atomic E-state index is 11.9. The highest BCUT2D eigenvalue weighted by molar-refractivity contribution is 6.02. The molecule has 0 bridgehead atoms. The molecule has 0 aliphatic rings. The molecule has 18 heavy (non-hydrogen) atoms. The van der Waals surface area contributed by atoms with Gasteiger partial charge in [0.1, 0.15) is 0 Å². The van der Waals surface area contributed by atoms with Crippen LogP contribution in [-0.2, 0) is 6.54 Å². The topological polar surface area (TPSA) is 73.9 Å². The number of benzene rings is 1. The molecule has 2 rings (SSSR count). The Morgan fingerprint density at radius 2 is 2.17 bits per heavy atom. The number of rotatable bonds is 4. The predicted octanol–water partition coefficient (Wildman–Crippen LogP) is 1.12. The average molecular weight is 245 g/mol. The first-order valence-electron chi connectivity index (χ1n) is 5.56. The van der Waals surface area contributed by atoms with Crippen LogP contribution in [0.15, 0.2) is 30.5 Å². The van der Waals surface area contributed by atoms with Gasteiger partial charge in [-0.05, 0) is 25.7 Å². The standard InChI is InChI=1S/C12H15N5O/c1-17(2)8-9-5-3-4-6-10(9)14-12(18)11-7-13-16-15-11/h3-7H,8H2,1-2H3,(H,14,18)(H,13,15,16). The van der Waals surface area contributed by atoms with Gasteiger partial charge in [0.25, 0.3) is 5.91 Å². The number of hydrogen-bond donors (Lipinski definition) is 2. The number of nitrogens with one attached hydrogen (secondary N) is 2. The molecule has 0 saturated heterocycles. The zero-order valence-electron chi connectivity index (χ0n) is 10.3. The van der Waals surface area contributed by atoms with Gasteiger partial charge in [0.2, 0.25) is 0 Å². The molecule has 6 heteroatoms. The van der Waals surface area contributed by atoms with E-state index < -0.39 is 0 Å². The molecule has 0 saturated carbocycles. The van der Waals surface area contributed by atoms with Gasteiger partial charge in [-0.25, -0.2) is 0 Å². The van der Waals surface area contributed by atoms with Crippen molar-refractivity contribution in [2.24, 2.45) is 0 Å². The Hall–Kier alpha value is -2.21. The fourth-order valence-corrected chi connectivity index (χ4v) is 1.62. The van der Waals surface area contributed by atoms with Crippen molar-refractivity contribution >= 4 is 11.6 Å². The van der Waals surface area contributed by atoms with Crippen LogP contribution in [0, 0.1) is 0 Å². The highest BCUT2D eigenvalue weighted by Crippen LogP contribution is 2.16. The lowest BCUT2D eigenvalue weighted by Crippen LogP contribution is -2.16. The van der Waals surface area contributed by atoms with E-state index in [1.807, 2.05) is 43.3 Å². The zero-order chi connectivity index (χ0) is 13.0. The molecular formula is C12H15N5O. The summed E-state index contributed by atoms with van der Waals surface area (Å²) < 4.78 is 0. The smallest absolute Gasteiger partial charge is 0.277 e. The summed E-state index contributed by atoms with van der Waals surface area (Å²) in [5, 5.41) is 12.6. The van der Waals surface area contributed by atoms with Crippen LogP contribution in [0.2, 0.25) is 0 Å². The predicted molar refractivity (Wildman–Crippen MR) is 68.2 cm³/mol. The molecule has 2 aromatic rings. The number of amides is 1. The van der Waals surface area contributed by atoms with Crippen LogP contribution in [0.4, 0.5) is 5.69 Å². The van der Waals surface area contributed by atoms with E-state index >= 15 is 0 Å². The van der Waals surface area contributed by atoms with Crippen molar-refractivity contribution in [3.63, 3.8) is 0 Å². The van der Waals surface area contributed by atoms with Crippen LogP contribution in [0.5, 0.6) is 0 Å². The summed E-state index contributed by atoms with van der Waals surface area (Å²) in [4.78, 5) is 13.9. The third kappa shape index (κ3) is 2.92. The molecular weight excluding hydrogens is 230 g/mol. The summed E-state index contributed by atoms with van der Waals surface area (Å²) >= 11 is 0. The van der Waals surface area contributed by atoms with Crippen molar-refractivity contribution in [2.45, 2.75) is 6.54 Å². The monoisotopic (exact) mass is 245 g/mol. The van der Waals surface area contributed by atoms with Gasteiger partial charge in [-0.2, -0.15) is 15.4 Å². The minimum Gasteiger partial charge on any atom is -0.320 e. The second-order valence-corrected chi connectivity index (χ2v) is 4.20. The second kappa shape index (κ2) is 5.42. The number of carbonyl (C=O) groups excluding carboxylic acids is 1. The number of carbonyl (C=O) groups is 1. The molecule has 0 unspecified atom stereocenters. The van der Waals surface area contributed by atoms with E-state index in [-0.39, 0.29) is 11.6 Å². The fourth-order valence-electron chi connectivity index (χ4n) is 1.62. The second-order valence-electron chi connectivity index (χ2n) is 4.20. The van der Waals surface area contributed by atoms with Crippen LogP contribution in [0.1, 0.15) is 16.1 Å². The molecule has 0 atom stereocenters. The van der Waals surface area contributed by atoms with Crippen molar-refractivity contribution in [1.82, 2.24) is 20.3 Å². The third-order valence-electron chi connectivity index (χ3n) is 2.40. The van der Waals surface area contributed by atoms with E-state index in [1.165, 1.54) is 6.20 Å². The summed E-state index contributed by atoms with van der Waals surface area (Å²) in [6.07, 6.45) is 1.39. The van der Waals surface area contributed by atoms with Gasteiger partial charge in [-0.15, -0.1) is 0 Å². The Morgan fingerprint density at radius 3 is 2.83 bits per heavy atom. The molecule has 0 fully saturated rings.